The molecule has 0 heterocycles. The molecule has 0 saturated carbocycles. The van der Waals surface area contributed by atoms with E-state index in [-0.39, 0.29) is 5.41 Å². The predicted molar refractivity (Wildman–Crippen MR) is 119 cm³/mol. The Labute approximate surface area is 180 Å². The van der Waals surface area contributed by atoms with E-state index in [1.54, 1.807) is 21.3 Å². The minimum absolute atomic E-state index is 0.370. The lowest BCUT2D eigenvalue weighted by atomic mass is 9.79. The third-order valence-corrected chi connectivity index (χ3v) is 6.11. The van der Waals surface area contributed by atoms with Gasteiger partial charge in [0.2, 0.25) is 0 Å². The molecular weight excluding hydrogens is 376 g/mol. The Balaban J connectivity index is 1.42. The van der Waals surface area contributed by atoms with Crippen molar-refractivity contribution in [1.82, 2.24) is 5.32 Å². The number of benzene rings is 2. The molecule has 0 amide bonds. The molecule has 0 fully saturated rings. The first-order valence-corrected chi connectivity index (χ1v) is 10.7. The Hall–Kier alpha value is -2.71. The summed E-state index contributed by atoms with van der Waals surface area (Å²) in [6.45, 7) is 1.88. The number of fused-ring (bicyclic) bond motifs is 1. The number of nitrogens with zero attached hydrogens (tertiary/aromatic N) is 1. The molecule has 1 N–H and O–H groups in total. The Morgan fingerprint density at radius 3 is 2.47 bits per heavy atom. The minimum Gasteiger partial charge on any atom is -0.496 e. The molecule has 5 nitrogen and oxygen atoms in total. The van der Waals surface area contributed by atoms with E-state index in [1.165, 1.54) is 11.1 Å². The van der Waals surface area contributed by atoms with Crippen molar-refractivity contribution in [2.75, 3.05) is 34.4 Å². The number of hydrogen-bond donors (Lipinski definition) is 1. The van der Waals surface area contributed by atoms with Gasteiger partial charge in [-0.2, -0.15) is 5.26 Å². The fourth-order valence-electron chi connectivity index (χ4n) is 4.46. The summed E-state index contributed by atoms with van der Waals surface area (Å²) in [5.74, 6) is 2.45. The standard InChI is InChI=1S/C25H32N2O3/c1-28-22-9-4-8-21-20(22)12-14-25(21,18-26)13-6-16-27-15-5-7-19-10-11-23(29-2)24(17-19)30-3/h4,8-11,17,27H,5-7,12-16H2,1-3H3. The van der Waals surface area contributed by atoms with Gasteiger partial charge in [-0.25, -0.2) is 0 Å². The van der Waals surface area contributed by atoms with E-state index >= 15 is 0 Å². The molecule has 2 aromatic carbocycles. The van der Waals surface area contributed by atoms with Crippen molar-refractivity contribution >= 4 is 0 Å². The number of aryl methyl sites for hydroxylation is 1. The lowest BCUT2D eigenvalue weighted by molar-refractivity contribution is 0.354. The molecule has 1 atom stereocenters. The van der Waals surface area contributed by atoms with Crippen LogP contribution in [0.2, 0.25) is 0 Å². The second-order valence-electron chi connectivity index (χ2n) is 7.83. The summed E-state index contributed by atoms with van der Waals surface area (Å²) in [5.41, 5.74) is 3.25. The largest absolute Gasteiger partial charge is 0.496 e. The maximum Gasteiger partial charge on any atom is 0.160 e. The summed E-state index contributed by atoms with van der Waals surface area (Å²) >= 11 is 0. The van der Waals surface area contributed by atoms with Gasteiger partial charge >= 0.3 is 0 Å². The third-order valence-electron chi connectivity index (χ3n) is 6.11. The molecule has 0 bridgehead atoms. The molecule has 160 valence electrons. The topological polar surface area (TPSA) is 63.5 Å². The second-order valence-corrected chi connectivity index (χ2v) is 7.83. The molecule has 0 radical (unpaired) electrons. The van der Waals surface area contributed by atoms with E-state index < -0.39 is 0 Å². The van der Waals surface area contributed by atoms with Crippen LogP contribution in [0.25, 0.3) is 0 Å². The molecule has 0 aromatic heterocycles. The van der Waals surface area contributed by atoms with Crippen LogP contribution in [0.4, 0.5) is 0 Å². The highest BCUT2D eigenvalue weighted by atomic mass is 16.5. The van der Waals surface area contributed by atoms with Crippen LogP contribution in [0.5, 0.6) is 17.2 Å². The van der Waals surface area contributed by atoms with Crippen molar-refractivity contribution in [3.8, 4) is 23.3 Å². The first-order valence-electron chi connectivity index (χ1n) is 10.7. The molecule has 5 heteroatoms. The highest BCUT2D eigenvalue weighted by Crippen LogP contribution is 2.45. The zero-order valence-corrected chi connectivity index (χ0v) is 18.3. The highest BCUT2D eigenvalue weighted by molar-refractivity contribution is 5.51. The SMILES string of the molecule is COc1ccc(CCCNCCCC2(C#N)CCc3c(OC)cccc32)cc1OC. The zero-order chi connectivity index (χ0) is 21.4. The number of rotatable bonds is 11. The number of nitriles is 1. The Bertz CT molecular complexity index is 890. The molecule has 1 aliphatic rings. The molecule has 2 aromatic rings. The molecule has 0 aliphatic heterocycles. The van der Waals surface area contributed by atoms with Crippen LogP contribution in [0.15, 0.2) is 36.4 Å². The molecule has 1 unspecified atom stereocenters. The average Bonchev–Trinajstić information content (AvgIpc) is 3.17. The van der Waals surface area contributed by atoms with Gasteiger partial charge in [-0.15, -0.1) is 0 Å². The third kappa shape index (κ3) is 4.71. The fraction of sp³-hybridized carbons (Fsp3) is 0.480. The van der Waals surface area contributed by atoms with Gasteiger partial charge in [-0.3, -0.25) is 0 Å². The number of hydrogen-bond acceptors (Lipinski definition) is 5. The van der Waals surface area contributed by atoms with Crippen LogP contribution < -0.4 is 19.5 Å². The second kappa shape index (κ2) is 10.4. The van der Waals surface area contributed by atoms with Crippen molar-refractivity contribution in [3.05, 3.63) is 53.1 Å². The summed E-state index contributed by atoms with van der Waals surface area (Å²) in [6.07, 6.45) is 5.72. The van der Waals surface area contributed by atoms with Crippen molar-refractivity contribution in [1.29, 1.82) is 5.26 Å². The Morgan fingerprint density at radius 1 is 0.967 bits per heavy atom. The van der Waals surface area contributed by atoms with Crippen LogP contribution in [-0.4, -0.2) is 34.4 Å². The summed E-state index contributed by atoms with van der Waals surface area (Å²) < 4.78 is 16.2. The number of ether oxygens (including phenoxy) is 3. The first kappa shape index (κ1) is 22.0. The van der Waals surface area contributed by atoms with Crippen LogP contribution in [-0.2, 0) is 18.3 Å². The van der Waals surface area contributed by atoms with Gasteiger partial charge in [-0.05, 0) is 86.5 Å². The zero-order valence-electron chi connectivity index (χ0n) is 18.3. The number of nitrogens with one attached hydrogen (secondary N) is 1. The Morgan fingerprint density at radius 2 is 1.73 bits per heavy atom. The van der Waals surface area contributed by atoms with E-state index in [1.807, 2.05) is 24.3 Å². The molecule has 3 rings (SSSR count). The quantitative estimate of drug-likeness (QED) is 0.558. The van der Waals surface area contributed by atoms with Crippen molar-refractivity contribution < 1.29 is 14.2 Å². The van der Waals surface area contributed by atoms with E-state index in [4.69, 9.17) is 14.2 Å². The molecule has 30 heavy (non-hydrogen) atoms. The minimum atomic E-state index is -0.370. The molecule has 0 spiro atoms. The average molecular weight is 409 g/mol. The van der Waals surface area contributed by atoms with Gasteiger partial charge in [-0.1, -0.05) is 18.2 Å². The fourth-order valence-corrected chi connectivity index (χ4v) is 4.46. The van der Waals surface area contributed by atoms with Gasteiger partial charge in [0.05, 0.1) is 32.8 Å². The molecule has 0 saturated heterocycles. The monoisotopic (exact) mass is 408 g/mol. The van der Waals surface area contributed by atoms with Gasteiger partial charge < -0.3 is 19.5 Å². The van der Waals surface area contributed by atoms with Crippen LogP contribution in [0.3, 0.4) is 0 Å². The normalized spacial score (nSPS) is 17.3. The lowest BCUT2D eigenvalue weighted by Crippen LogP contribution is -2.24. The first-order chi connectivity index (χ1) is 14.7. The van der Waals surface area contributed by atoms with Gasteiger partial charge in [0.15, 0.2) is 11.5 Å². The number of methoxy groups -OCH3 is 3. The van der Waals surface area contributed by atoms with Crippen LogP contribution in [0.1, 0.15) is 42.4 Å². The van der Waals surface area contributed by atoms with E-state index in [9.17, 15) is 5.26 Å². The van der Waals surface area contributed by atoms with Crippen LogP contribution >= 0.6 is 0 Å². The lowest BCUT2D eigenvalue weighted by Gasteiger charge is -2.22. The molecule has 1 aliphatic carbocycles. The maximum absolute atomic E-state index is 9.94. The summed E-state index contributed by atoms with van der Waals surface area (Å²) in [6, 6.07) is 14.8. The highest BCUT2D eigenvalue weighted by Gasteiger charge is 2.39. The van der Waals surface area contributed by atoms with Gasteiger partial charge in [0.25, 0.3) is 0 Å². The van der Waals surface area contributed by atoms with E-state index in [0.29, 0.717) is 0 Å². The van der Waals surface area contributed by atoms with Crippen LogP contribution in [0, 0.1) is 11.3 Å². The van der Waals surface area contributed by atoms with Gasteiger partial charge in [0, 0.05) is 0 Å². The Kier molecular flexibility index (Phi) is 7.59. The maximum atomic E-state index is 9.94. The molecular formula is C25H32N2O3. The van der Waals surface area contributed by atoms with Gasteiger partial charge in [0.1, 0.15) is 5.75 Å². The summed E-state index contributed by atoms with van der Waals surface area (Å²) in [4.78, 5) is 0. The van der Waals surface area contributed by atoms with E-state index in [0.717, 1.165) is 74.4 Å². The van der Waals surface area contributed by atoms with Crippen molar-refractivity contribution in [3.63, 3.8) is 0 Å². The van der Waals surface area contributed by atoms with Crippen molar-refractivity contribution in [2.45, 2.75) is 43.9 Å². The van der Waals surface area contributed by atoms with E-state index in [2.05, 4.69) is 23.5 Å². The smallest absolute Gasteiger partial charge is 0.160 e. The summed E-state index contributed by atoms with van der Waals surface area (Å²) in [7, 11) is 5.02. The predicted octanol–water partition coefficient (Wildman–Crippen LogP) is 4.42. The van der Waals surface area contributed by atoms with Crippen molar-refractivity contribution in [2.24, 2.45) is 0 Å². The summed E-state index contributed by atoms with van der Waals surface area (Å²) in [5, 5.41) is 13.5.